The Labute approximate surface area is 81.2 Å². The predicted octanol–water partition coefficient (Wildman–Crippen LogP) is 2.92. The monoisotopic (exact) mass is 180 g/mol. The molecule has 0 aliphatic heterocycles. The summed E-state index contributed by atoms with van der Waals surface area (Å²) >= 11 is 0. The van der Waals surface area contributed by atoms with Gasteiger partial charge in [0.25, 0.3) is 0 Å². The molecule has 0 saturated heterocycles. The van der Waals surface area contributed by atoms with E-state index in [1.165, 1.54) is 0 Å². The van der Waals surface area contributed by atoms with Crippen LogP contribution in [0.1, 0.15) is 34.1 Å². The summed E-state index contributed by atoms with van der Waals surface area (Å²) in [4.78, 5) is 0. The van der Waals surface area contributed by atoms with Crippen molar-refractivity contribution in [1.29, 1.82) is 0 Å². The zero-order chi connectivity index (χ0) is 10.1. The van der Waals surface area contributed by atoms with Crippen molar-refractivity contribution >= 4 is 0 Å². The van der Waals surface area contributed by atoms with Crippen molar-refractivity contribution in [3.05, 3.63) is 24.3 Å². The first-order valence-corrected chi connectivity index (χ1v) is 4.98. The Morgan fingerprint density at radius 3 is 2.46 bits per heavy atom. The maximum atomic E-state index is 9.96. The van der Waals surface area contributed by atoms with E-state index in [2.05, 4.69) is 33.8 Å². The van der Waals surface area contributed by atoms with Gasteiger partial charge in [-0.15, -0.1) is 0 Å². The van der Waals surface area contributed by atoms with Gasteiger partial charge < -0.3 is 5.11 Å². The van der Waals surface area contributed by atoms with Gasteiger partial charge in [-0.1, -0.05) is 58.4 Å². The van der Waals surface area contributed by atoms with Gasteiger partial charge in [-0.05, 0) is 5.41 Å². The molecule has 1 nitrogen and oxygen atoms in total. The minimum absolute atomic E-state index is 0.128. The normalized spacial score (nSPS) is 33.8. The van der Waals surface area contributed by atoms with Crippen molar-refractivity contribution in [3.63, 3.8) is 0 Å². The number of hydrogen-bond acceptors (Lipinski definition) is 1. The van der Waals surface area contributed by atoms with E-state index in [1.54, 1.807) is 0 Å². The third-order valence-electron chi connectivity index (χ3n) is 3.80. The molecule has 74 valence electrons. The second-order valence-electron chi connectivity index (χ2n) is 4.71. The molecule has 0 aromatic heterocycles. The van der Waals surface area contributed by atoms with Crippen LogP contribution in [0.5, 0.6) is 0 Å². The maximum absolute atomic E-state index is 9.96. The van der Waals surface area contributed by atoms with Crippen LogP contribution in [0.2, 0.25) is 0 Å². The molecule has 13 heavy (non-hydrogen) atoms. The van der Waals surface area contributed by atoms with Gasteiger partial charge in [0.15, 0.2) is 0 Å². The summed E-state index contributed by atoms with van der Waals surface area (Å²) in [7, 11) is 0. The predicted molar refractivity (Wildman–Crippen MR) is 56.5 cm³/mol. The lowest BCUT2D eigenvalue weighted by atomic mass is 9.61. The van der Waals surface area contributed by atoms with E-state index < -0.39 is 0 Å². The molecule has 0 aromatic rings. The summed E-state index contributed by atoms with van der Waals surface area (Å²) in [6.45, 7) is 8.71. The lowest BCUT2D eigenvalue weighted by molar-refractivity contribution is 0.0121. The van der Waals surface area contributed by atoms with Crippen LogP contribution in [0.3, 0.4) is 0 Å². The first kappa shape index (κ1) is 10.5. The quantitative estimate of drug-likeness (QED) is 0.692. The molecule has 1 aliphatic rings. The number of allylic oxidation sites excluding steroid dienone is 2. The first-order chi connectivity index (χ1) is 5.94. The van der Waals surface area contributed by atoms with Gasteiger partial charge in [-0.2, -0.15) is 0 Å². The summed E-state index contributed by atoms with van der Waals surface area (Å²) in [5, 5.41) is 9.96. The molecule has 0 amide bonds. The fourth-order valence-electron chi connectivity index (χ4n) is 1.73. The van der Waals surface area contributed by atoms with Gasteiger partial charge in [0.1, 0.15) is 0 Å². The highest BCUT2D eigenvalue weighted by atomic mass is 16.3. The topological polar surface area (TPSA) is 20.2 Å². The largest absolute Gasteiger partial charge is 0.388 e. The van der Waals surface area contributed by atoms with E-state index in [0.29, 0.717) is 0 Å². The molecule has 0 aromatic carbocycles. The van der Waals surface area contributed by atoms with Crippen molar-refractivity contribution in [2.75, 3.05) is 0 Å². The number of hydrogen-bond donors (Lipinski definition) is 1. The van der Waals surface area contributed by atoms with Gasteiger partial charge in [-0.3, -0.25) is 0 Å². The van der Waals surface area contributed by atoms with Crippen molar-refractivity contribution < 1.29 is 5.11 Å². The second-order valence-corrected chi connectivity index (χ2v) is 4.71. The van der Waals surface area contributed by atoms with E-state index in [0.717, 1.165) is 6.42 Å². The average Bonchev–Trinajstić information content (AvgIpc) is 2.10. The number of aliphatic hydroxyl groups is 1. The molecule has 2 atom stereocenters. The highest BCUT2D eigenvalue weighted by molar-refractivity contribution is 5.22. The highest BCUT2D eigenvalue weighted by Crippen LogP contribution is 2.46. The molecule has 0 saturated carbocycles. The molecule has 2 unspecified atom stereocenters. The highest BCUT2D eigenvalue weighted by Gasteiger charge is 2.42. The van der Waals surface area contributed by atoms with Gasteiger partial charge in [0, 0.05) is 5.41 Å². The molecule has 0 fully saturated rings. The second kappa shape index (κ2) is 3.30. The van der Waals surface area contributed by atoms with Crippen molar-refractivity contribution in [2.24, 2.45) is 10.8 Å². The smallest absolute Gasteiger partial charge is 0.0817 e. The van der Waals surface area contributed by atoms with Crippen LogP contribution in [-0.2, 0) is 0 Å². The molecular weight excluding hydrogens is 160 g/mol. The van der Waals surface area contributed by atoms with Crippen LogP contribution >= 0.6 is 0 Å². The lowest BCUT2D eigenvalue weighted by Gasteiger charge is -2.45. The fourth-order valence-corrected chi connectivity index (χ4v) is 1.73. The van der Waals surface area contributed by atoms with Gasteiger partial charge in [0.05, 0.1) is 6.10 Å². The molecule has 1 rings (SSSR count). The van der Waals surface area contributed by atoms with Crippen LogP contribution in [0.4, 0.5) is 0 Å². The fraction of sp³-hybridized carbons (Fsp3) is 0.667. The summed E-state index contributed by atoms with van der Waals surface area (Å²) in [6, 6.07) is 0. The first-order valence-electron chi connectivity index (χ1n) is 4.98. The van der Waals surface area contributed by atoms with Gasteiger partial charge >= 0.3 is 0 Å². The van der Waals surface area contributed by atoms with Crippen molar-refractivity contribution in [3.8, 4) is 0 Å². The molecular formula is C12H20O. The summed E-state index contributed by atoms with van der Waals surface area (Å²) in [5.41, 5.74) is 0.00414. The van der Waals surface area contributed by atoms with E-state index in [-0.39, 0.29) is 16.9 Å². The molecule has 1 aliphatic carbocycles. The Hall–Kier alpha value is -0.560. The Bertz CT molecular complexity index is 238. The third kappa shape index (κ3) is 1.58. The van der Waals surface area contributed by atoms with E-state index >= 15 is 0 Å². The van der Waals surface area contributed by atoms with Crippen LogP contribution in [0, 0.1) is 10.8 Å². The third-order valence-corrected chi connectivity index (χ3v) is 3.80. The summed E-state index contributed by atoms with van der Waals surface area (Å²) in [5.74, 6) is 0. The zero-order valence-corrected chi connectivity index (χ0v) is 9.04. The molecule has 1 heteroatoms. The Balaban J connectivity index is 2.99. The average molecular weight is 180 g/mol. The maximum Gasteiger partial charge on any atom is 0.0817 e. The molecule has 0 bridgehead atoms. The zero-order valence-electron chi connectivity index (χ0n) is 9.04. The van der Waals surface area contributed by atoms with Gasteiger partial charge in [-0.25, -0.2) is 0 Å². The van der Waals surface area contributed by atoms with E-state index in [4.69, 9.17) is 0 Å². The van der Waals surface area contributed by atoms with E-state index in [1.807, 2.05) is 18.2 Å². The lowest BCUT2D eigenvalue weighted by Crippen LogP contribution is -2.43. The Morgan fingerprint density at radius 1 is 1.38 bits per heavy atom. The molecule has 0 radical (unpaired) electrons. The van der Waals surface area contributed by atoms with Gasteiger partial charge in [0.2, 0.25) is 0 Å². The molecule has 0 heterocycles. The van der Waals surface area contributed by atoms with Crippen molar-refractivity contribution in [2.45, 2.75) is 40.2 Å². The molecule has 1 N–H and O–H groups in total. The van der Waals surface area contributed by atoms with Crippen LogP contribution < -0.4 is 0 Å². The Morgan fingerprint density at radius 2 is 2.00 bits per heavy atom. The Kier molecular flexibility index (Phi) is 2.67. The van der Waals surface area contributed by atoms with E-state index in [9.17, 15) is 5.11 Å². The summed E-state index contributed by atoms with van der Waals surface area (Å²) < 4.78 is 0. The molecule has 0 spiro atoms. The van der Waals surface area contributed by atoms with Crippen LogP contribution in [-0.4, -0.2) is 11.2 Å². The van der Waals surface area contributed by atoms with Crippen molar-refractivity contribution in [1.82, 2.24) is 0 Å². The number of aliphatic hydroxyl groups excluding tert-OH is 1. The number of rotatable bonds is 2. The SMILES string of the molecule is CCC(C)(C)C1(C)C=CC=CC1O. The summed E-state index contributed by atoms with van der Waals surface area (Å²) in [6.07, 6.45) is 8.66. The van der Waals surface area contributed by atoms with Crippen LogP contribution in [0.25, 0.3) is 0 Å². The standard InChI is InChI=1S/C12H20O/c1-5-11(2,3)12(4)9-7-6-8-10(12)13/h6-10,13H,5H2,1-4H3. The van der Waals surface area contributed by atoms with Crippen LogP contribution in [0.15, 0.2) is 24.3 Å². The minimum atomic E-state index is -0.354. The minimum Gasteiger partial charge on any atom is -0.388 e.